The van der Waals surface area contributed by atoms with Crippen LogP contribution in [-0.2, 0) is 6.42 Å². The minimum Gasteiger partial charge on any atom is -0.497 e. The molecule has 2 atom stereocenters. The van der Waals surface area contributed by atoms with Gasteiger partial charge in [0, 0.05) is 38.8 Å². The summed E-state index contributed by atoms with van der Waals surface area (Å²) in [6.07, 6.45) is 0.941. The van der Waals surface area contributed by atoms with E-state index in [2.05, 4.69) is 53.4 Å². The average Bonchev–Trinajstić information content (AvgIpc) is 2.95. The fraction of sp³-hybridized carbons (Fsp3) is 0.632. The lowest BCUT2D eigenvalue weighted by atomic mass is 10.1. The van der Waals surface area contributed by atoms with Gasteiger partial charge in [-0.2, -0.15) is 0 Å². The van der Waals surface area contributed by atoms with Crippen molar-refractivity contribution in [2.45, 2.75) is 39.3 Å². The maximum absolute atomic E-state index is 5.27. The van der Waals surface area contributed by atoms with Crippen molar-refractivity contribution in [3.05, 3.63) is 29.8 Å². The highest BCUT2D eigenvalue weighted by Crippen LogP contribution is 2.18. The number of nitrogens with zero attached hydrogens (tertiary/aromatic N) is 2. The molecule has 1 aliphatic heterocycles. The molecule has 1 aromatic rings. The quantitative estimate of drug-likeness (QED) is 0.390. The molecule has 6 heteroatoms. The van der Waals surface area contributed by atoms with E-state index in [-0.39, 0.29) is 24.0 Å². The van der Waals surface area contributed by atoms with Gasteiger partial charge in [0.05, 0.1) is 7.11 Å². The van der Waals surface area contributed by atoms with Gasteiger partial charge in [-0.25, -0.2) is 0 Å². The van der Waals surface area contributed by atoms with Crippen LogP contribution in [-0.4, -0.2) is 56.7 Å². The Kier molecular flexibility index (Phi) is 9.56. The van der Waals surface area contributed by atoms with Crippen LogP contribution in [0.4, 0.5) is 0 Å². The van der Waals surface area contributed by atoms with E-state index in [4.69, 9.17) is 4.74 Å². The van der Waals surface area contributed by atoms with Gasteiger partial charge in [-0.15, -0.1) is 24.0 Å². The van der Waals surface area contributed by atoms with Crippen molar-refractivity contribution in [3.63, 3.8) is 0 Å². The number of likely N-dealkylation sites (tertiary alicyclic amines) is 1. The number of benzene rings is 1. The van der Waals surface area contributed by atoms with E-state index in [1.807, 2.05) is 19.2 Å². The van der Waals surface area contributed by atoms with Crippen molar-refractivity contribution in [2.75, 3.05) is 33.8 Å². The Hall–Kier alpha value is -1.02. The lowest BCUT2D eigenvalue weighted by Gasteiger charge is -2.22. The highest BCUT2D eigenvalue weighted by Gasteiger charge is 2.31. The lowest BCUT2D eigenvalue weighted by Crippen LogP contribution is -2.47. The zero-order valence-corrected chi connectivity index (χ0v) is 18.4. The molecular weight excluding hydrogens is 427 g/mol. The summed E-state index contributed by atoms with van der Waals surface area (Å²) in [6.45, 7) is 9.91. The van der Waals surface area contributed by atoms with Crippen LogP contribution in [0.2, 0.25) is 0 Å². The number of halogens is 1. The first-order valence-electron chi connectivity index (χ1n) is 8.87. The molecule has 0 amide bonds. The third-order valence-electron chi connectivity index (χ3n) is 4.76. The van der Waals surface area contributed by atoms with Crippen molar-refractivity contribution in [1.29, 1.82) is 0 Å². The normalized spacial score (nSPS) is 21.1. The summed E-state index contributed by atoms with van der Waals surface area (Å²) in [5.74, 6) is 2.42. The predicted molar refractivity (Wildman–Crippen MR) is 116 cm³/mol. The van der Waals surface area contributed by atoms with Gasteiger partial charge < -0.3 is 15.4 Å². The van der Waals surface area contributed by atoms with Gasteiger partial charge in [0.15, 0.2) is 5.96 Å². The summed E-state index contributed by atoms with van der Waals surface area (Å²) >= 11 is 0. The van der Waals surface area contributed by atoms with Crippen LogP contribution in [0.25, 0.3) is 0 Å². The third kappa shape index (κ3) is 6.66. The molecule has 1 aliphatic rings. The molecule has 25 heavy (non-hydrogen) atoms. The Morgan fingerprint density at radius 3 is 2.72 bits per heavy atom. The van der Waals surface area contributed by atoms with Crippen molar-refractivity contribution >= 4 is 29.9 Å². The summed E-state index contributed by atoms with van der Waals surface area (Å²) in [5.41, 5.74) is 1.26. The number of hydrogen-bond acceptors (Lipinski definition) is 3. The Morgan fingerprint density at radius 1 is 1.36 bits per heavy atom. The number of aliphatic imine (C=N–C) groups is 1. The molecule has 5 nitrogen and oxygen atoms in total. The molecule has 2 rings (SSSR count). The summed E-state index contributed by atoms with van der Waals surface area (Å²) in [7, 11) is 3.53. The van der Waals surface area contributed by atoms with Gasteiger partial charge in [-0.1, -0.05) is 19.1 Å². The van der Waals surface area contributed by atoms with Gasteiger partial charge in [0.1, 0.15) is 5.75 Å². The number of hydrogen-bond donors (Lipinski definition) is 2. The molecule has 0 saturated carbocycles. The third-order valence-corrected chi connectivity index (χ3v) is 4.76. The van der Waals surface area contributed by atoms with Crippen LogP contribution in [0, 0.1) is 5.92 Å². The van der Waals surface area contributed by atoms with E-state index in [9.17, 15) is 0 Å². The van der Waals surface area contributed by atoms with E-state index >= 15 is 0 Å². The number of ether oxygens (including phenoxy) is 1. The van der Waals surface area contributed by atoms with Crippen molar-refractivity contribution < 1.29 is 4.74 Å². The predicted octanol–water partition coefficient (Wildman–Crippen LogP) is 2.75. The summed E-state index contributed by atoms with van der Waals surface area (Å²) in [6, 6.07) is 9.26. The number of methoxy groups -OCH3 is 1. The van der Waals surface area contributed by atoms with Crippen LogP contribution in [0.15, 0.2) is 29.3 Å². The smallest absolute Gasteiger partial charge is 0.191 e. The summed E-state index contributed by atoms with van der Waals surface area (Å²) in [4.78, 5) is 6.89. The number of rotatable bonds is 6. The zero-order valence-electron chi connectivity index (χ0n) is 16.1. The molecule has 0 spiro atoms. The Balaban J connectivity index is 0.00000312. The fourth-order valence-electron chi connectivity index (χ4n) is 3.14. The van der Waals surface area contributed by atoms with Crippen molar-refractivity contribution in [1.82, 2.24) is 15.5 Å². The first-order chi connectivity index (χ1) is 11.5. The molecule has 142 valence electrons. The second kappa shape index (κ2) is 10.9. The number of nitrogens with one attached hydrogen (secondary N) is 2. The van der Waals surface area contributed by atoms with E-state index in [1.165, 1.54) is 5.56 Å². The Labute approximate surface area is 169 Å². The SMILES string of the molecule is CN=C(NCCc1cccc(OC)c1)NC1CN(C(C)C)CC1C.I. The van der Waals surface area contributed by atoms with Gasteiger partial charge in [0.2, 0.25) is 0 Å². The Bertz CT molecular complexity index is 550. The Morgan fingerprint density at radius 2 is 2.12 bits per heavy atom. The van der Waals surface area contributed by atoms with Gasteiger partial charge in [-0.3, -0.25) is 9.89 Å². The van der Waals surface area contributed by atoms with Crippen LogP contribution in [0.3, 0.4) is 0 Å². The largest absolute Gasteiger partial charge is 0.497 e. The minimum atomic E-state index is 0. The summed E-state index contributed by atoms with van der Waals surface area (Å²) < 4.78 is 5.27. The molecule has 1 fully saturated rings. The van der Waals surface area contributed by atoms with Gasteiger partial charge >= 0.3 is 0 Å². The van der Waals surface area contributed by atoms with E-state index in [0.717, 1.165) is 37.8 Å². The monoisotopic (exact) mass is 460 g/mol. The molecule has 1 saturated heterocycles. The molecule has 2 N–H and O–H groups in total. The van der Waals surface area contributed by atoms with Crippen LogP contribution < -0.4 is 15.4 Å². The topological polar surface area (TPSA) is 48.9 Å². The van der Waals surface area contributed by atoms with E-state index < -0.39 is 0 Å². The second-order valence-corrected chi connectivity index (χ2v) is 6.88. The second-order valence-electron chi connectivity index (χ2n) is 6.88. The van der Waals surface area contributed by atoms with Gasteiger partial charge in [0.25, 0.3) is 0 Å². The van der Waals surface area contributed by atoms with Crippen LogP contribution in [0.1, 0.15) is 26.3 Å². The van der Waals surface area contributed by atoms with Crippen LogP contribution in [0.5, 0.6) is 5.75 Å². The standard InChI is InChI=1S/C19H32N4O.HI/c1-14(2)23-12-15(3)18(13-23)22-19(20-4)21-10-9-16-7-6-8-17(11-16)24-5;/h6-8,11,14-15,18H,9-10,12-13H2,1-5H3,(H2,20,21,22);1H. The number of guanidine groups is 1. The molecule has 1 aromatic carbocycles. The fourth-order valence-corrected chi connectivity index (χ4v) is 3.14. The first kappa shape index (κ1) is 22.0. The van der Waals surface area contributed by atoms with E-state index in [1.54, 1.807) is 7.11 Å². The maximum Gasteiger partial charge on any atom is 0.191 e. The van der Waals surface area contributed by atoms with Crippen molar-refractivity contribution in [2.24, 2.45) is 10.9 Å². The van der Waals surface area contributed by atoms with E-state index in [0.29, 0.717) is 18.0 Å². The molecule has 1 heterocycles. The minimum absolute atomic E-state index is 0. The molecule has 0 radical (unpaired) electrons. The van der Waals surface area contributed by atoms with Crippen LogP contribution >= 0.6 is 24.0 Å². The van der Waals surface area contributed by atoms with Crippen molar-refractivity contribution in [3.8, 4) is 5.75 Å². The zero-order chi connectivity index (χ0) is 17.5. The molecule has 2 unspecified atom stereocenters. The summed E-state index contributed by atoms with van der Waals surface area (Å²) in [5, 5.41) is 7.01. The first-order valence-corrected chi connectivity index (χ1v) is 8.87. The molecule has 0 aromatic heterocycles. The molecule has 0 aliphatic carbocycles. The molecular formula is C19H33IN4O. The van der Waals surface area contributed by atoms with Gasteiger partial charge in [-0.05, 0) is 43.9 Å². The molecule has 0 bridgehead atoms. The maximum atomic E-state index is 5.27. The highest BCUT2D eigenvalue weighted by molar-refractivity contribution is 14.0. The lowest BCUT2D eigenvalue weighted by molar-refractivity contribution is 0.265. The highest BCUT2D eigenvalue weighted by atomic mass is 127. The average molecular weight is 460 g/mol.